The maximum absolute atomic E-state index is 12.4. The van der Waals surface area contributed by atoms with Crippen LogP contribution in [-0.4, -0.2) is 28.9 Å². The summed E-state index contributed by atoms with van der Waals surface area (Å²) < 4.78 is 0. The van der Waals surface area contributed by atoms with Crippen molar-refractivity contribution >= 4 is 11.9 Å². The first-order valence-corrected chi connectivity index (χ1v) is 7.10. The minimum atomic E-state index is -0.626. The first kappa shape index (κ1) is 13.9. The van der Waals surface area contributed by atoms with Crippen molar-refractivity contribution in [1.82, 2.24) is 10.2 Å². The Morgan fingerprint density at radius 1 is 1.37 bits per heavy atom. The summed E-state index contributed by atoms with van der Waals surface area (Å²) in [7, 11) is 0. The lowest BCUT2D eigenvalue weighted by molar-refractivity contribution is -0.132. The predicted molar refractivity (Wildman–Crippen MR) is 70.1 cm³/mol. The van der Waals surface area contributed by atoms with E-state index in [1.165, 1.54) is 4.90 Å². The monoisotopic (exact) mass is 263 g/mol. The van der Waals surface area contributed by atoms with Crippen molar-refractivity contribution in [3.8, 4) is 6.07 Å². The predicted octanol–water partition coefficient (Wildman–Crippen LogP) is 2.18. The average Bonchev–Trinajstić information content (AvgIpc) is 2.62. The second-order valence-corrected chi connectivity index (χ2v) is 5.77. The summed E-state index contributed by atoms with van der Waals surface area (Å²) in [5.74, 6) is 0.585. The Balaban J connectivity index is 1.95. The van der Waals surface area contributed by atoms with E-state index in [1.54, 1.807) is 0 Å². The molecule has 2 fully saturated rings. The molecule has 3 amide bonds. The van der Waals surface area contributed by atoms with Gasteiger partial charge in [0.05, 0.1) is 6.07 Å². The van der Waals surface area contributed by atoms with E-state index in [9.17, 15) is 9.59 Å². The van der Waals surface area contributed by atoms with Gasteiger partial charge in [-0.25, -0.2) is 4.79 Å². The van der Waals surface area contributed by atoms with Crippen molar-refractivity contribution in [2.75, 3.05) is 6.54 Å². The van der Waals surface area contributed by atoms with Crippen LogP contribution in [0.3, 0.4) is 0 Å². The van der Waals surface area contributed by atoms with Crippen molar-refractivity contribution in [2.24, 2.45) is 5.92 Å². The molecule has 19 heavy (non-hydrogen) atoms. The Bertz CT molecular complexity index is 405. The molecule has 0 atom stereocenters. The van der Waals surface area contributed by atoms with Gasteiger partial charge in [0.25, 0.3) is 5.91 Å². The molecule has 0 bridgehead atoms. The smallest absolute Gasteiger partial charge is 0.323 e. The number of rotatable bonds is 4. The molecule has 1 saturated heterocycles. The molecular weight excluding hydrogens is 242 g/mol. The molecule has 1 saturated carbocycles. The van der Waals surface area contributed by atoms with E-state index in [1.807, 2.05) is 0 Å². The molecule has 1 heterocycles. The minimum Gasteiger partial charge on any atom is -0.323 e. The van der Waals surface area contributed by atoms with Crippen molar-refractivity contribution in [3.05, 3.63) is 0 Å². The van der Waals surface area contributed by atoms with Crippen molar-refractivity contribution in [1.29, 1.82) is 5.26 Å². The Morgan fingerprint density at radius 2 is 2.05 bits per heavy atom. The zero-order chi connectivity index (χ0) is 13.9. The molecule has 1 spiro atoms. The van der Waals surface area contributed by atoms with E-state index in [0.29, 0.717) is 25.3 Å². The van der Waals surface area contributed by atoms with Crippen LogP contribution in [0.15, 0.2) is 0 Å². The Labute approximate surface area is 113 Å². The highest BCUT2D eigenvalue weighted by Crippen LogP contribution is 2.36. The number of hydrogen-bond acceptors (Lipinski definition) is 3. The van der Waals surface area contributed by atoms with Gasteiger partial charge in [-0.2, -0.15) is 5.26 Å². The molecule has 5 nitrogen and oxygen atoms in total. The third-order valence-corrected chi connectivity index (χ3v) is 4.29. The lowest BCUT2D eigenvalue weighted by Crippen LogP contribution is -2.49. The van der Waals surface area contributed by atoms with Crippen LogP contribution in [-0.2, 0) is 4.79 Å². The molecule has 0 aromatic heterocycles. The number of nitrogens with one attached hydrogen (secondary N) is 1. The van der Waals surface area contributed by atoms with E-state index < -0.39 is 5.54 Å². The molecule has 1 aliphatic carbocycles. The van der Waals surface area contributed by atoms with Crippen LogP contribution in [0, 0.1) is 17.2 Å². The quantitative estimate of drug-likeness (QED) is 0.624. The molecule has 0 aromatic rings. The number of carbonyl (C=O) groups is 2. The van der Waals surface area contributed by atoms with Crippen molar-refractivity contribution < 1.29 is 9.59 Å². The zero-order valence-corrected chi connectivity index (χ0v) is 11.4. The fourth-order valence-electron chi connectivity index (χ4n) is 2.95. The van der Waals surface area contributed by atoms with Gasteiger partial charge in [0.15, 0.2) is 0 Å². The number of amides is 3. The number of imide groups is 1. The Kier molecular flexibility index (Phi) is 4.08. The van der Waals surface area contributed by atoms with Gasteiger partial charge in [-0.05, 0) is 44.4 Å². The van der Waals surface area contributed by atoms with Crippen LogP contribution in [0.1, 0.15) is 51.9 Å². The molecule has 5 heteroatoms. The van der Waals surface area contributed by atoms with Crippen molar-refractivity contribution in [2.45, 2.75) is 57.4 Å². The summed E-state index contributed by atoms with van der Waals surface area (Å²) in [6.45, 7) is 2.62. The number of unbranched alkanes of at least 4 members (excludes halogenated alkanes) is 2. The molecule has 0 aromatic carbocycles. The number of hydrogen-bond donors (Lipinski definition) is 1. The van der Waals surface area contributed by atoms with Gasteiger partial charge in [0.2, 0.25) is 0 Å². The fourth-order valence-corrected chi connectivity index (χ4v) is 2.95. The van der Waals surface area contributed by atoms with Crippen LogP contribution in [0.2, 0.25) is 0 Å². The van der Waals surface area contributed by atoms with Gasteiger partial charge in [-0.3, -0.25) is 9.69 Å². The van der Waals surface area contributed by atoms with Crippen LogP contribution in [0.25, 0.3) is 0 Å². The van der Waals surface area contributed by atoms with Crippen LogP contribution in [0.4, 0.5) is 4.79 Å². The van der Waals surface area contributed by atoms with Gasteiger partial charge in [-0.1, -0.05) is 6.92 Å². The van der Waals surface area contributed by atoms with Crippen molar-refractivity contribution in [3.63, 3.8) is 0 Å². The van der Waals surface area contributed by atoms with E-state index in [0.717, 1.165) is 32.1 Å². The number of nitrogens with zero attached hydrogens (tertiary/aromatic N) is 2. The first-order chi connectivity index (χ1) is 9.09. The van der Waals surface area contributed by atoms with E-state index in [2.05, 4.69) is 18.3 Å². The zero-order valence-electron chi connectivity index (χ0n) is 11.4. The Hall–Kier alpha value is -1.57. The molecule has 0 radical (unpaired) electrons. The third-order valence-electron chi connectivity index (χ3n) is 4.29. The summed E-state index contributed by atoms with van der Waals surface area (Å²) in [5.41, 5.74) is -0.626. The second-order valence-electron chi connectivity index (χ2n) is 5.77. The second kappa shape index (κ2) is 5.60. The fraction of sp³-hybridized carbons (Fsp3) is 0.786. The van der Waals surface area contributed by atoms with E-state index in [-0.39, 0.29) is 11.9 Å². The molecule has 2 aliphatic rings. The van der Waals surface area contributed by atoms with Gasteiger partial charge in [0, 0.05) is 13.0 Å². The molecule has 1 aliphatic heterocycles. The van der Waals surface area contributed by atoms with Gasteiger partial charge in [-0.15, -0.1) is 0 Å². The average molecular weight is 263 g/mol. The normalized spacial score (nSPS) is 30.5. The van der Waals surface area contributed by atoms with E-state index >= 15 is 0 Å². The molecule has 0 unspecified atom stereocenters. The Morgan fingerprint density at radius 3 is 2.68 bits per heavy atom. The largest absolute Gasteiger partial charge is 0.325 e. The number of nitriles is 1. The molecule has 104 valence electrons. The lowest BCUT2D eigenvalue weighted by atomic mass is 9.77. The summed E-state index contributed by atoms with van der Waals surface area (Å²) >= 11 is 0. The SMILES string of the molecule is CC1CCC2(CC1)NC(=O)N(CCCCC#N)C2=O. The number of carbonyl (C=O) groups excluding carboxylic acids is 2. The van der Waals surface area contributed by atoms with Gasteiger partial charge in [0.1, 0.15) is 5.54 Å². The maximum Gasteiger partial charge on any atom is 0.325 e. The standard InChI is InChI=1S/C14H21N3O2/c1-11-5-7-14(8-6-11)12(18)17(13(19)16-14)10-4-2-3-9-15/h11H,2-8,10H2,1H3,(H,16,19). The summed E-state index contributed by atoms with van der Waals surface area (Å²) in [6.07, 6.45) is 5.42. The van der Waals surface area contributed by atoms with Crippen LogP contribution in [0.5, 0.6) is 0 Å². The number of urea groups is 1. The van der Waals surface area contributed by atoms with Crippen LogP contribution >= 0.6 is 0 Å². The first-order valence-electron chi connectivity index (χ1n) is 7.10. The minimum absolute atomic E-state index is 0.0543. The molecule has 2 rings (SSSR count). The lowest BCUT2D eigenvalue weighted by Gasteiger charge is -2.33. The summed E-state index contributed by atoms with van der Waals surface area (Å²) in [4.78, 5) is 25.7. The van der Waals surface area contributed by atoms with E-state index in [4.69, 9.17) is 5.26 Å². The van der Waals surface area contributed by atoms with Crippen LogP contribution < -0.4 is 5.32 Å². The highest BCUT2D eigenvalue weighted by Gasteiger charge is 2.51. The maximum atomic E-state index is 12.4. The topological polar surface area (TPSA) is 73.2 Å². The summed E-state index contributed by atoms with van der Waals surface area (Å²) in [6, 6.07) is 1.82. The van der Waals surface area contributed by atoms with Gasteiger partial charge < -0.3 is 5.32 Å². The summed E-state index contributed by atoms with van der Waals surface area (Å²) in [5, 5.41) is 11.4. The third kappa shape index (κ3) is 2.73. The molecular formula is C14H21N3O2. The highest BCUT2D eigenvalue weighted by atomic mass is 16.2. The molecule has 1 N–H and O–H groups in total. The highest BCUT2D eigenvalue weighted by molar-refractivity contribution is 6.07. The van der Waals surface area contributed by atoms with Gasteiger partial charge >= 0.3 is 6.03 Å².